The number of hydrogen-bond acceptors (Lipinski definition) is 4. The van der Waals surface area contributed by atoms with E-state index in [1.807, 2.05) is 0 Å². The zero-order chi connectivity index (χ0) is 15.3. The van der Waals surface area contributed by atoms with Gasteiger partial charge in [0.05, 0.1) is 6.10 Å². The molecule has 0 bridgehead atoms. The molecule has 2 aliphatic heterocycles. The number of piperazine rings is 1. The molecule has 0 spiro atoms. The Kier molecular flexibility index (Phi) is 4.11. The second-order valence-corrected chi connectivity index (χ2v) is 8.21. The topological polar surface area (TPSA) is 41.7 Å². The Morgan fingerprint density at radius 1 is 1.19 bits per heavy atom. The lowest BCUT2D eigenvalue weighted by molar-refractivity contribution is -0.232. The molecule has 0 aromatic rings. The molecule has 0 radical (unpaired) electrons. The first-order valence-corrected chi connectivity index (χ1v) is 8.73. The lowest BCUT2D eigenvalue weighted by Crippen LogP contribution is -2.80. The van der Waals surface area contributed by atoms with Crippen molar-refractivity contribution >= 4 is 0 Å². The van der Waals surface area contributed by atoms with Gasteiger partial charge in [0.1, 0.15) is 0 Å². The third kappa shape index (κ3) is 2.44. The van der Waals surface area contributed by atoms with Crippen LogP contribution in [0.25, 0.3) is 0 Å². The Balaban J connectivity index is 1.62. The van der Waals surface area contributed by atoms with Crippen LogP contribution in [0.5, 0.6) is 0 Å². The van der Waals surface area contributed by atoms with E-state index in [4.69, 9.17) is 10.5 Å². The first-order valence-electron chi connectivity index (χ1n) is 8.73. The van der Waals surface area contributed by atoms with E-state index in [2.05, 4.69) is 37.5 Å². The van der Waals surface area contributed by atoms with Gasteiger partial charge in [-0.05, 0) is 26.7 Å². The van der Waals surface area contributed by atoms with Crippen LogP contribution in [0, 0.1) is 11.3 Å². The van der Waals surface area contributed by atoms with E-state index in [-0.39, 0.29) is 11.0 Å². The second kappa shape index (κ2) is 5.48. The molecule has 21 heavy (non-hydrogen) atoms. The zero-order valence-corrected chi connectivity index (χ0v) is 14.3. The summed E-state index contributed by atoms with van der Waals surface area (Å²) in [6, 6.07) is 0.662. The van der Waals surface area contributed by atoms with Gasteiger partial charge in [-0.1, -0.05) is 13.8 Å². The Morgan fingerprint density at radius 2 is 1.86 bits per heavy atom. The largest absolute Gasteiger partial charge is 0.377 e. The highest BCUT2D eigenvalue weighted by molar-refractivity contribution is 5.21. The zero-order valence-electron chi connectivity index (χ0n) is 14.3. The summed E-state index contributed by atoms with van der Waals surface area (Å²) in [4.78, 5) is 5.16. The summed E-state index contributed by atoms with van der Waals surface area (Å²) >= 11 is 0. The van der Waals surface area contributed by atoms with Crippen LogP contribution in [-0.2, 0) is 4.74 Å². The summed E-state index contributed by atoms with van der Waals surface area (Å²) in [7, 11) is 0. The van der Waals surface area contributed by atoms with Crippen LogP contribution in [0.15, 0.2) is 0 Å². The molecule has 4 heteroatoms. The fourth-order valence-corrected chi connectivity index (χ4v) is 4.80. The maximum absolute atomic E-state index is 6.93. The average molecular weight is 295 g/mol. The Morgan fingerprint density at radius 3 is 2.48 bits per heavy atom. The van der Waals surface area contributed by atoms with Gasteiger partial charge in [-0.2, -0.15) is 0 Å². The van der Waals surface area contributed by atoms with Crippen LogP contribution in [0.2, 0.25) is 0 Å². The van der Waals surface area contributed by atoms with E-state index in [0.717, 1.165) is 26.2 Å². The van der Waals surface area contributed by atoms with Crippen LogP contribution in [0.1, 0.15) is 40.5 Å². The highest BCUT2D eigenvalue weighted by atomic mass is 16.5. The number of fused-ring (bicyclic) bond motifs is 1. The summed E-state index contributed by atoms with van der Waals surface area (Å²) in [6.45, 7) is 15.8. The molecule has 3 aliphatic rings. The van der Waals surface area contributed by atoms with Crippen LogP contribution in [0.3, 0.4) is 0 Å². The van der Waals surface area contributed by atoms with Crippen molar-refractivity contribution in [3.8, 4) is 0 Å². The fourth-order valence-electron chi connectivity index (χ4n) is 4.80. The van der Waals surface area contributed by atoms with E-state index < -0.39 is 0 Å². The van der Waals surface area contributed by atoms with E-state index in [9.17, 15) is 0 Å². The van der Waals surface area contributed by atoms with Crippen molar-refractivity contribution in [3.05, 3.63) is 0 Å². The van der Waals surface area contributed by atoms with Crippen molar-refractivity contribution in [1.82, 2.24) is 9.80 Å². The van der Waals surface area contributed by atoms with Crippen molar-refractivity contribution in [2.45, 2.75) is 58.2 Å². The monoisotopic (exact) mass is 295 g/mol. The van der Waals surface area contributed by atoms with Crippen molar-refractivity contribution in [2.75, 3.05) is 39.3 Å². The van der Waals surface area contributed by atoms with Crippen molar-refractivity contribution in [2.24, 2.45) is 17.1 Å². The SMILES string of the molecule is CC(C)N1CCN(CC2(N)C3CCCOC3C2(C)C)CC1. The standard InChI is InChI=1S/C17H33N3O/c1-13(2)20-9-7-19(8-10-20)12-17(18)14-6-5-11-21-15(14)16(17,3)4/h13-15H,5-12,18H2,1-4H3. The first kappa shape index (κ1) is 15.7. The van der Waals surface area contributed by atoms with Gasteiger partial charge in [-0.3, -0.25) is 9.80 Å². The Hall–Kier alpha value is -0.160. The van der Waals surface area contributed by atoms with Gasteiger partial charge in [0.15, 0.2) is 0 Å². The molecule has 0 aromatic heterocycles. The summed E-state index contributed by atoms with van der Waals surface area (Å²) in [5.41, 5.74) is 6.96. The van der Waals surface area contributed by atoms with Crippen LogP contribution >= 0.6 is 0 Å². The quantitative estimate of drug-likeness (QED) is 0.858. The normalized spacial score (nSPS) is 40.9. The lowest BCUT2D eigenvalue weighted by Gasteiger charge is -2.67. The third-order valence-corrected chi connectivity index (χ3v) is 6.52. The molecule has 2 saturated heterocycles. The van der Waals surface area contributed by atoms with Crippen molar-refractivity contribution < 1.29 is 4.74 Å². The molecular formula is C17H33N3O. The first-order chi connectivity index (χ1) is 9.86. The highest BCUT2D eigenvalue weighted by Gasteiger charge is 2.66. The Bertz CT molecular complexity index is 376. The number of rotatable bonds is 3. The average Bonchev–Trinajstić information content (AvgIpc) is 2.47. The van der Waals surface area contributed by atoms with Gasteiger partial charge in [0.2, 0.25) is 0 Å². The van der Waals surface area contributed by atoms with E-state index in [0.29, 0.717) is 18.1 Å². The summed E-state index contributed by atoms with van der Waals surface area (Å²) in [5, 5.41) is 0. The summed E-state index contributed by atoms with van der Waals surface area (Å²) in [5.74, 6) is 0.560. The minimum absolute atomic E-state index is 0.0713. The summed E-state index contributed by atoms with van der Waals surface area (Å²) < 4.78 is 6.02. The maximum atomic E-state index is 6.93. The second-order valence-electron chi connectivity index (χ2n) is 8.21. The molecule has 1 saturated carbocycles. The van der Waals surface area contributed by atoms with E-state index in [1.54, 1.807) is 0 Å². The van der Waals surface area contributed by atoms with Crippen molar-refractivity contribution in [3.63, 3.8) is 0 Å². The van der Waals surface area contributed by atoms with Gasteiger partial charge < -0.3 is 10.5 Å². The van der Waals surface area contributed by atoms with Crippen LogP contribution in [-0.4, -0.2) is 66.8 Å². The van der Waals surface area contributed by atoms with Gasteiger partial charge in [-0.25, -0.2) is 0 Å². The van der Waals surface area contributed by atoms with Crippen LogP contribution in [0.4, 0.5) is 0 Å². The molecule has 3 unspecified atom stereocenters. The van der Waals surface area contributed by atoms with Gasteiger partial charge in [0, 0.05) is 62.2 Å². The Labute approximate surface area is 130 Å². The molecule has 2 N–H and O–H groups in total. The van der Waals surface area contributed by atoms with Gasteiger partial charge in [0.25, 0.3) is 0 Å². The number of hydrogen-bond donors (Lipinski definition) is 1. The number of nitrogens with two attached hydrogens (primary N) is 1. The third-order valence-electron chi connectivity index (χ3n) is 6.52. The molecule has 0 aromatic carbocycles. The maximum Gasteiger partial charge on any atom is 0.0690 e. The predicted octanol–water partition coefficient (Wildman–Crippen LogP) is 1.54. The molecule has 122 valence electrons. The molecule has 3 atom stereocenters. The molecule has 1 aliphatic carbocycles. The van der Waals surface area contributed by atoms with Crippen molar-refractivity contribution in [1.29, 1.82) is 0 Å². The van der Waals surface area contributed by atoms with Gasteiger partial charge >= 0.3 is 0 Å². The minimum Gasteiger partial charge on any atom is -0.377 e. The molecular weight excluding hydrogens is 262 g/mol. The smallest absolute Gasteiger partial charge is 0.0690 e. The van der Waals surface area contributed by atoms with E-state index >= 15 is 0 Å². The van der Waals surface area contributed by atoms with Gasteiger partial charge in [-0.15, -0.1) is 0 Å². The highest BCUT2D eigenvalue weighted by Crippen LogP contribution is 2.57. The van der Waals surface area contributed by atoms with E-state index in [1.165, 1.54) is 25.9 Å². The molecule has 3 rings (SSSR count). The summed E-state index contributed by atoms with van der Waals surface area (Å²) in [6.07, 6.45) is 2.81. The molecule has 4 nitrogen and oxygen atoms in total. The van der Waals surface area contributed by atoms with Crippen LogP contribution < -0.4 is 5.73 Å². The molecule has 3 fully saturated rings. The predicted molar refractivity (Wildman–Crippen MR) is 86.3 cm³/mol. The molecule has 2 heterocycles. The fraction of sp³-hybridized carbons (Fsp3) is 1.00. The number of ether oxygens (including phenoxy) is 1. The number of nitrogens with zero attached hydrogens (tertiary/aromatic N) is 2. The molecule has 0 amide bonds. The minimum atomic E-state index is -0.0713. The lowest BCUT2D eigenvalue weighted by atomic mass is 9.46.